The highest BCUT2D eigenvalue weighted by atomic mass is 32.2. The van der Waals surface area contributed by atoms with Gasteiger partial charge in [0.15, 0.2) is 0 Å². The second-order valence-electron chi connectivity index (χ2n) is 8.50. The van der Waals surface area contributed by atoms with E-state index >= 15 is 0 Å². The third-order valence-corrected chi connectivity index (χ3v) is 7.54. The van der Waals surface area contributed by atoms with Crippen molar-refractivity contribution in [2.45, 2.75) is 70.5 Å². The van der Waals surface area contributed by atoms with Crippen LogP contribution in [0.1, 0.15) is 58.9 Å². The monoisotopic (exact) mass is 533 g/mol. The fourth-order valence-electron chi connectivity index (χ4n) is 3.07. The first kappa shape index (κ1) is 31.0. The van der Waals surface area contributed by atoms with E-state index in [9.17, 15) is 31.5 Å². The van der Waals surface area contributed by atoms with E-state index in [2.05, 4.69) is 32.9 Å². The largest absolute Gasteiger partial charge is 0.480 e. The van der Waals surface area contributed by atoms with Crippen LogP contribution in [0.5, 0.6) is 0 Å². The zero-order valence-corrected chi connectivity index (χ0v) is 22.1. The number of carboxylic acids is 1. The standard InChI is InChI=1S/C25H34F3NO4S2/c1-18(2)9-7-10-19(3)11-8-12-20(4)15-16-34-17-22(24(30)31)29-35(32,33)23-14-6-5-13-21(23)25(26,27)28/h5-6,9,11,13-15,22,29H,7-8,10,12,16-17H2,1-4H3,(H,30,31)/b19-11+,20-15+/t22-/m0/s1. The minimum Gasteiger partial charge on any atom is -0.480 e. The predicted molar refractivity (Wildman–Crippen MR) is 136 cm³/mol. The summed E-state index contributed by atoms with van der Waals surface area (Å²) in [6.45, 7) is 8.23. The number of carbonyl (C=O) groups is 1. The van der Waals surface area contributed by atoms with Crippen molar-refractivity contribution >= 4 is 27.8 Å². The quantitative estimate of drug-likeness (QED) is 0.208. The Balaban J connectivity index is 2.64. The summed E-state index contributed by atoms with van der Waals surface area (Å²) in [6, 6.07) is 2.12. The van der Waals surface area contributed by atoms with E-state index in [0.717, 1.165) is 49.5 Å². The molecule has 0 heterocycles. The average Bonchev–Trinajstić information content (AvgIpc) is 2.74. The van der Waals surface area contributed by atoms with E-state index in [0.29, 0.717) is 11.8 Å². The fraction of sp³-hybridized carbons (Fsp3) is 0.480. The first-order chi connectivity index (χ1) is 16.2. The predicted octanol–water partition coefficient (Wildman–Crippen LogP) is 6.59. The Labute approximate surface area is 210 Å². The van der Waals surface area contributed by atoms with Crippen LogP contribution in [0.15, 0.2) is 64.1 Å². The first-order valence-corrected chi connectivity index (χ1v) is 13.8. The Morgan fingerprint density at radius 2 is 1.60 bits per heavy atom. The van der Waals surface area contributed by atoms with Gasteiger partial charge >= 0.3 is 12.1 Å². The van der Waals surface area contributed by atoms with E-state index in [1.54, 1.807) is 0 Å². The normalized spacial score (nSPS) is 14.0. The minimum atomic E-state index is -4.89. The van der Waals surface area contributed by atoms with Crippen LogP contribution in [0.3, 0.4) is 0 Å². The van der Waals surface area contributed by atoms with E-state index in [-0.39, 0.29) is 5.75 Å². The molecule has 0 aliphatic carbocycles. The molecule has 196 valence electrons. The molecular formula is C25H34F3NO4S2. The molecule has 0 aromatic heterocycles. The Morgan fingerprint density at radius 1 is 1.03 bits per heavy atom. The van der Waals surface area contributed by atoms with Crippen molar-refractivity contribution in [3.63, 3.8) is 0 Å². The number of rotatable bonds is 14. The molecule has 0 aliphatic heterocycles. The van der Waals surface area contributed by atoms with Gasteiger partial charge in [-0.2, -0.15) is 29.7 Å². The van der Waals surface area contributed by atoms with Gasteiger partial charge in [0.1, 0.15) is 6.04 Å². The van der Waals surface area contributed by atoms with Gasteiger partial charge in [0.25, 0.3) is 0 Å². The van der Waals surface area contributed by atoms with Gasteiger partial charge < -0.3 is 5.11 Å². The number of aliphatic carboxylic acids is 1. The van der Waals surface area contributed by atoms with Crippen molar-refractivity contribution in [2.24, 2.45) is 0 Å². The summed E-state index contributed by atoms with van der Waals surface area (Å²) in [6.07, 6.45) is 5.25. The zero-order valence-electron chi connectivity index (χ0n) is 20.5. The number of hydrogen-bond donors (Lipinski definition) is 2. The SMILES string of the molecule is CC(C)=CCC/C(C)=C/CC/C(C)=C/CSC[C@H](NS(=O)(=O)c1ccccc1C(F)(F)F)C(=O)O. The van der Waals surface area contributed by atoms with Crippen LogP contribution in [0.4, 0.5) is 13.2 Å². The summed E-state index contributed by atoms with van der Waals surface area (Å²) in [5, 5.41) is 9.39. The maximum absolute atomic E-state index is 13.2. The number of hydrogen-bond acceptors (Lipinski definition) is 4. The number of alkyl halides is 3. The summed E-state index contributed by atoms with van der Waals surface area (Å²) in [7, 11) is -4.69. The molecular weight excluding hydrogens is 499 g/mol. The molecule has 0 aliphatic rings. The summed E-state index contributed by atoms with van der Waals surface area (Å²) >= 11 is 1.19. The molecule has 5 nitrogen and oxygen atoms in total. The smallest absolute Gasteiger partial charge is 0.417 e. The third kappa shape index (κ3) is 12.0. The minimum absolute atomic E-state index is 0.129. The Bertz CT molecular complexity index is 1040. The second kappa shape index (κ2) is 14.5. The van der Waals surface area contributed by atoms with Crippen LogP contribution in [-0.2, 0) is 21.0 Å². The molecule has 0 saturated heterocycles. The highest BCUT2D eigenvalue weighted by Gasteiger charge is 2.38. The van der Waals surface area contributed by atoms with Crippen molar-refractivity contribution in [1.82, 2.24) is 4.72 Å². The van der Waals surface area contributed by atoms with Crippen LogP contribution in [0.25, 0.3) is 0 Å². The maximum Gasteiger partial charge on any atom is 0.417 e. The maximum atomic E-state index is 13.2. The molecule has 1 atom stereocenters. The molecule has 0 unspecified atom stereocenters. The molecule has 2 N–H and O–H groups in total. The average molecular weight is 534 g/mol. The number of sulfonamides is 1. The Morgan fingerprint density at radius 3 is 2.17 bits per heavy atom. The van der Waals surface area contributed by atoms with Crippen molar-refractivity contribution in [3.05, 3.63) is 64.8 Å². The highest BCUT2D eigenvalue weighted by molar-refractivity contribution is 7.99. The van der Waals surface area contributed by atoms with Gasteiger partial charge in [-0.25, -0.2) is 8.42 Å². The molecule has 0 spiro atoms. The molecule has 0 fully saturated rings. The van der Waals surface area contributed by atoms with Gasteiger partial charge in [-0.05, 0) is 65.5 Å². The van der Waals surface area contributed by atoms with E-state index in [4.69, 9.17) is 0 Å². The van der Waals surface area contributed by atoms with Gasteiger partial charge in [0.2, 0.25) is 10.0 Å². The second-order valence-corrected chi connectivity index (χ2v) is 11.3. The summed E-state index contributed by atoms with van der Waals surface area (Å²) < 4.78 is 66.5. The number of allylic oxidation sites excluding steroid dienone is 5. The number of nitrogens with one attached hydrogen (secondary N) is 1. The molecule has 1 aromatic carbocycles. The lowest BCUT2D eigenvalue weighted by Crippen LogP contribution is -2.43. The Kier molecular flexibility index (Phi) is 12.8. The first-order valence-electron chi connectivity index (χ1n) is 11.2. The molecule has 0 bridgehead atoms. The van der Waals surface area contributed by atoms with Gasteiger partial charge in [-0.3, -0.25) is 4.79 Å². The zero-order chi connectivity index (χ0) is 26.6. The summed E-state index contributed by atoms with van der Waals surface area (Å²) in [5.41, 5.74) is 2.41. The molecule has 1 rings (SSSR count). The lowest BCUT2D eigenvalue weighted by molar-refractivity contribution is -0.140. The van der Waals surface area contributed by atoms with Gasteiger partial charge in [0, 0.05) is 11.5 Å². The van der Waals surface area contributed by atoms with Gasteiger partial charge in [-0.1, -0.05) is 47.1 Å². The van der Waals surface area contributed by atoms with E-state index in [1.807, 2.05) is 17.7 Å². The fourth-order valence-corrected chi connectivity index (χ4v) is 5.59. The molecule has 35 heavy (non-hydrogen) atoms. The molecule has 0 saturated carbocycles. The van der Waals surface area contributed by atoms with Crippen molar-refractivity contribution in [3.8, 4) is 0 Å². The van der Waals surface area contributed by atoms with Crippen LogP contribution in [-0.4, -0.2) is 37.0 Å². The van der Waals surface area contributed by atoms with Crippen molar-refractivity contribution < 1.29 is 31.5 Å². The number of carboxylic acid groups (broad SMARTS) is 1. The van der Waals surface area contributed by atoms with E-state index in [1.165, 1.54) is 22.9 Å². The summed E-state index contributed by atoms with van der Waals surface area (Å²) in [5.74, 6) is -1.13. The van der Waals surface area contributed by atoms with Crippen molar-refractivity contribution in [2.75, 3.05) is 11.5 Å². The van der Waals surface area contributed by atoms with E-state index < -0.39 is 38.7 Å². The number of benzene rings is 1. The third-order valence-electron chi connectivity index (χ3n) is 5.03. The topological polar surface area (TPSA) is 83.5 Å². The Hall–Kier alpha value is -2.04. The van der Waals surface area contributed by atoms with Crippen LogP contribution in [0, 0.1) is 0 Å². The lowest BCUT2D eigenvalue weighted by atomic mass is 10.1. The molecule has 1 aromatic rings. The van der Waals surface area contributed by atoms with Crippen LogP contribution < -0.4 is 4.72 Å². The highest BCUT2D eigenvalue weighted by Crippen LogP contribution is 2.34. The molecule has 10 heteroatoms. The number of halogens is 3. The molecule has 0 amide bonds. The van der Waals surface area contributed by atoms with Crippen molar-refractivity contribution in [1.29, 1.82) is 0 Å². The van der Waals surface area contributed by atoms with Gasteiger partial charge in [-0.15, -0.1) is 0 Å². The lowest BCUT2D eigenvalue weighted by Gasteiger charge is -2.17. The summed E-state index contributed by atoms with van der Waals surface area (Å²) in [4.78, 5) is 10.6. The number of thioether (sulfide) groups is 1. The van der Waals surface area contributed by atoms with Crippen LogP contribution >= 0.6 is 11.8 Å². The van der Waals surface area contributed by atoms with Crippen LogP contribution in [0.2, 0.25) is 0 Å². The molecule has 0 radical (unpaired) electrons. The van der Waals surface area contributed by atoms with Gasteiger partial charge in [0.05, 0.1) is 10.5 Å².